The maximum Gasteiger partial charge on any atom is 0.234 e. The molecule has 2 heterocycles. The number of amides is 1. The number of β-lactam (4-membered cyclic amide) rings is 1. The highest BCUT2D eigenvalue weighted by atomic mass is 16.7. The summed E-state index contributed by atoms with van der Waals surface area (Å²) in [6.07, 6.45) is 1.95. The van der Waals surface area contributed by atoms with Crippen LogP contribution in [0.3, 0.4) is 0 Å². The number of rotatable bonds is 2. The second kappa shape index (κ2) is 2.81. The Balaban J connectivity index is 1.82. The van der Waals surface area contributed by atoms with Crippen molar-refractivity contribution in [3.8, 4) is 0 Å². The molecule has 5 heteroatoms. The van der Waals surface area contributed by atoms with Crippen molar-refractivity contribution in [3.63, 3.8) is 0 Å². The van der Waals surface area contributed by atoms with E-state index in [1.807, 2.05) is 13.0 Å². The SMILES string of the molecule is CC1(C2=C[C@@H]3[C@H]2C(=O)N3CO)OCCO1. The number of hydrogen-bond donors (Lipinski definition) is 1. The van der Waals surface area contributed by atoms with Gasteiger partial charge in [0.15, 0.2) is 5.79 Å². The molecule has 82 valence electrons. The fourth-order valence-corrected chi connectivity index (χ4v) is 2.52. The number of carbonyl (C=O) groups is 1. The number of hydrogen-bond acceptors (Lipinski definition) is 4. The molecule has 2 atom stereocenters. The summed E-state index contributed by atoms with van der Waals surface area (Å²) in [5, 5.41) is 8.91. The van der Waals surface area contributed by atoms with Crippen LogP contribution in [0.1, 0.15) is 6.92 Å². The van der Waals surface area contributed by atoms with Gasteiger partial charge in [0.2, 0.25) is 5.91 Å². The summed E-state index contributed by atoms with van der Waals surface area (Å²) in [7, 11) is 0. The lowest BCUT2D eigenvalue weighted by Crippen LogP contribution is -2.67. The zero-order valence-electron chi connectivity index (χ0n) is 8.47. The summed E-state index contributed by atoms with van der Waals surface area (Å²) in [6.45, 7) is 2.78. The fourth-order valence-electron chi connectivity index (χ4n) is 2.52. The molecule has 0 saturated carbocycles. The third-order valence-electron chi connectivity index (χ3n) is 3.45. The van der Waals surface area contributed by atoms with Gasteiger partial charge in [-0.25, -0.2) is 0 Å². The largest absolute Gasteiger partial charge is 0.376 e. The first-order chi connectivity index (χ1) is 7.17. The van der Waals surface area contributed by atoms with Crippen molar-refractivity contribution in [2.75, 3.05) is 19.9 Å². The van der Waals surface area contributed by atoms with E-state index in [2.05, 4.69) is 0 Å². The molecular weight excluding hydrogens is 198 g/mol. The lowest BCUT2D eigenvalue weighted by Gasteiger charge is -2.54. The highest BCUT2D eigenvalue weighted by molar-refractivity contribution is 5.92. The normalized spacial score (nSPS) is 36.8. The van der Waals surface area contributed by atoms with Crippen LogP contribution in [0, 0.1) is 5.92 Å². The van der Waals surface area contributed by atoms with Gasteiger partial charge in [0.25, 0.3) is 0 Å². The van der Waals surface area contributed by atoms with Gasteiger partial charge in [-0.1, -0.05) is 6.08 Å². The van der Waals surface area contributed by atoms with Gasteiger partial charge in [-0.2, -0.15) is 0 Å². The van der Waals surface area contributed by atoms with E-state index in [-0.39, 0.29) is 24.6 Å². The first-order valence-electron chi connectivity index (χ1n) is 5.09. The zero-order chi connectivity index (χ0) is 10.6. The molecule has 15 heavy (non-hydrogen) atoms. The molecule has 0 spiro atoms. The summed E-state index contributed by atoms with van der Waals surface area (Å²) in [4.78, 5) is 13.0. The second-order valence-electron chi connectivity index (χ2n) is 4.18. The van der Waals surface area contributed by atoms with Crippen LogP contribution in [-0.4, -0.2) is 47.7 Å². The second-order valence-corrected chi connectivity index (χ2v) is 4.18. The van der Waals surface area contributed by atoms with Crippen molar-refractivity contribution in [2.24, 2.45) is 5.92 Å². The van der Waals surface area contributed by atoms with E-state index in [1.165, 1.54) is 4.90 Å². The first-order valence-corrected chi connectivity index (χ1v) is 5.09. The molecule has 1 N–H and O–H groups in total. The van der Waals surface area contributed by atoms with Crippen LogP contribution < -0.4 is 0 Å². The van der Waals surface area contributed by atoms with Crippen molar-refractivity contribution in [2.45, 2.75) is 18.8 Å². The Bertz CT molecular complexity index is 345. The summed E-state index contributed by atoms with van der Waals surface area (Å²) < 4.78 is 11.0. The number of carbonyl (C=O) groups excluding carboxylic acids is 1. The Morgan fingerprint density at radius 2 is 2.27 bits per heavy atom. The van der Waals surface area contributed by atoms with E-state index >= 15 is 0 Å². The van der Waals surface area contributed by atoms with E-state index in [9.17, 15) is 4.79 Å². The van der Waals surface area contributed by atoms with E-state index in [1.54, 1.807) is 0 Å². The van der Waals surface area contributed by atoms with Crippen molar-refractivity contribution in [1.29, 1.82) is 0 Å². The van der Waals surface area contributed by atoms with Gasteiger partial charge in [0.1, 0.15) is 6.73 Å². The molecule has 0 aromatic rings. The molecule has 0 radical (unpaired) electrons. The van der Waals surface area contributed by atoms with Gasteiger partial charge in [-0.05, 0) is 6.92 Å². The average molecular weight is 211 g/mol. The van der Waals surface area contributed by atoms with Gasteiger partial charge in [0.05, 0.1) is 25.2 Å². The summed E-state index contributed by atoms with van der Waals surface area (Å²) in [5.74, 6) is -0.862. The smallest absolute Gasteiger partial charge is 0.234 e. The molecule has 0 unspecified atom stereocenters. The number of aliphatic hydroxyl groups is 1. The minimum atomic E-state index is -0.710. The van der Waals surface area contributed by atoms with Crippen molar-refractivity contribution in [3.05, 3.63) is 11.6 Å². The standard InChI is InChI=1S/C10H13NO4/c1-10(14-2-3-15-10)6-4-7-8(6)9(13)11(7)5-12/h4,7-8,12H,2-3,5H2,1H3/t7-,8+/m1/s1. The molecule has 2 fully saturated rings. The number of fused-ring (bicyclic) bond motifs is 1. The van der Waals surface area contributed by atoms with E-state index in [0.29, 0.717) is 13.2 Å². The quantitative estimate of drug-likeness (QED) is 0.492. The predicted octanol–water partition coefficient (Wildman–Crippen LogP) is -0.534. The molecule has 0 bridgehead atoms. The Kier molecular flexibility index (Phi) is 1.75. The average Bonchev–Trinajstić information content (AvgIpc) is 2.59. The van der Waals surface area contributed by atoms with Crippen molar-refractivity contribution >= 4 is 5.91 Å². The predicted molar refractivity (Wildman–Crippen MR) is 49.6 cm³/mol. The van der Waals surface area contributed by atoms with Gasteiger partial charge >= 0.3 is 0 Å². The molecule has 1 aliphatic carbocycles. The highest BCUT2D eigenvalue weighted by Gasteiger charge is 2.59. The topological polar surface area (TPSA) is 59.0 Å². The minimum Gasteiger partial charge on any atom is -0.376 e. The maximum absolute atomic E-state index is 11.6. The Morgan fingerprint density at radius 1 is 1.60 bits per heavy atom. The molecular formula is C10H13NO4. The lowest BCUT2D eigenvalue weighted by atomic mass is 9.68. The van der Waals surface area contributed by atoms with Crippen molar-refractivity contribution < 1.29 is 19.4 Å². The third-order valence-corrected chi connectivity index (χ3v) is 3.45. The number of ether oxygens (including phenoxy) is 2. The van der Waals surface area contributed by atoms with Crippen LogP contribution in [0.5, 0.6) is 0 Å². The van der Waals surface area contributed by atoms with E-state index in [4.69, 9.17) is 14.6 Å². The van der Waals surface area contributed by atoms with Crippen LogP contribution in [0.4, 0.5) is 0 Å². The van der Waals surface area contributed by atoms with E-state index in [0.717, 1.165) is 5.57 Å². The van der Waals surface area contributed by atoms with Gasteiger partial charge in [0, 0.05) is 5.57 Å². The van der Waals surface area contributed by atoms with Crippen molar-refractivity contribution in [1.82, 2.24) is 4.90 Å². The summed E-state index contributed by atoms with van der Waals surface area (Å²) in [5.41, 5.74) is 0.916. The number of likely N-dealkylation sites (tertiary alicyclic amines) is 1. The number of nitrogens with zero attached hydrogens (tertiary/aromatic N) is 1. The first kappa shape index (κ1) is 9.33. The monoisotopic (exact) mass is 211 g/mol. The van der Waals surface area contributed by atoms with E-state index < -0.39 is 5.79 Å². The summed E-state index contributed by atoms with van der Waals surface area (Å²) >= 11 is 0. The lowest BCUT2D eigenvalue weighted by molar-refractivity contribution is -0.173. The van der Waals surface area contributed by atoms with Crippen LogP contribution in [-0.2, 0) is 14.3 Å². The molecule has 0 aromatic carbocycles. The van der Waals surface area contributed by atoms with Gasteiger partial charge in [-0.15, -0.1) is 0 Å². The molecule has 3 rings (SSSR count). The molecule has 2 aliphatic heterocycles. The molecule has 2 saturated heterocycles. The van der Waals surface area contributed by atoms with Gasteiger partial charge in [-0.3, -0.25) is 4.79 Å². The van der Waals surface area contributed by atoms with Gasteiger partial charge < -0.3 is 19.5 Å². The number of aliphatic hydroxyl groups excluding tert-OH is 1. The van der Waals surface area contributed by atoms with Crippen LogP contribution in [0.15, 0.2) is 11.6 Å². The Hall–Kier alpha value is -0.910. The van der Waals surface area contributed by atoms with Crippen LogP contribution in [0.25, 0.3) is 0 Å². The third kappa shape index (κ3) is 1.00. The van der Waals surface area contributed by atoms with Crippen LogP contribution in [0.2, 0.25) is 0 Å². The molecule has 0 aromatic heterocycles. The Labute approximate surface area is 87.3 Å². The molecule has 5 nitrogen and oxygen atoms in total. The molecule has 3 aliphatic rings. The molecule has 1 amide bonds. The zero-order valence-corrected chi connectivity index (χ0v) is 8.47. The highest BCUT2D eigenvalue weighted by Crippen LogP contribution is 2.48. The van der Waals surface area contributed by atoms with Crippen LogP contribution >= 0.6 is 0 Å². The fraction of sp³-hybridized carbons (Fsp3) is 0.700. The minimum absolute atomic E-state index is 0.0275. The Morgan fingerprint density at radius 3 is 2.80 bits per heavy atom. The maximum atomic E-state index is 11.6. The summed E-state index contributed by atoms with van der Waals surface area (Å²) in [6, 6.07) is 0.0575.